The summed E-state index contributed by atoms with van der Waals surface area (Å²) in [5, 5.41) is 5.21. The molecule has 2 aromatic carbocycles. The Morgan fingerprint density at radius 2 is 1.32 bits per heavy atom. The average molecular weight is 522 g/mol. The zero-order valence-corrected chi connectivity index (χ0v) is 23.0. The van der Waals surface area contributed by atoms with Crippen LogP contribution in [0, 0.1) is 29.1 Å². The second-order valence-corrected chi connectivity index (χ2v) is 15.6. The summed E-state index contributed by atoms with van der Waals surface area (Å²) in [6.07, 6.45) is 14.2. The van der Waals surface area contributed by atoms with Gasteiger partial charge in [0, 0.05) is 38.9 Å². The number of hydrogen-bond acceptors (Lipinski definition) is 2. The average Bonchev–Trinajstić information content (AvgIpc) is 3.52. The molecule has 40 heavy (non-hydrogen) atoms. The summed E-state index contributed by atoms with van der Waals surface area (Å²) >= 11 is 0. The largest absolute Gasteiger partial charge is 0.356 e. The van der Waals surface area contributed by atoms with Crippen molar-refractivity contribution in [3.8, 4) is 0 Å². The van der Waals surface area contributed by atoms with Gasteiger partial charge in [-0.25, -0.2) is 9.97 Å². The molecule has 5 saturated carbocycles. The van der Waals surface area contributed by atoms with E-state index in [4.69, 9.17) is 9.97 Å². The van der Waals surface area contributed by atoms with Crippen molar-refractivity contribution in [2.45, 2.75) is 87.9 Å². The fourth-order valence-corrected chi connectivity index (χ4v) is 12.6. The first kappa shape index (κ1) is 20.9. The summed E-state index contributed by atoms with van der Waals surface area (Å²) in [7, 11) is 0. The summed E-state index contributed by atoms with van der Waals surface area (Å²) in [5.41, 5.74) is 11.6. The first-order chi connectivity index (χ1) is 19.7. The van der Waals surface area contributed by atoms with Gasteiger partial charge in [-0.2, -0.15) is 0 Å². The van der Waals surface area contributed by atoms with Gasteiger partial charge in [-0.3, -0.25) is 0 Å². The Hall–Kier alpha value is -2.94. The lowest BCUT2D eigenvalue weighted by Gasteiger charge is -2.48. The van der Waals surface area contributed by atoms with E-state index in [1.165, 1.54) is 97.0 Å². The van der Waals surface area contributed by atoms with E-state index in [2.05, 4.69) is 41.4 Å². The molecule has 8 aliphatic carbocycles. The quantitative estimate of drug-likeness (QED) is 0.221. The van der Waals surface area contributed by atoms with E-state index in [1.807, 2.05) is 0 Å². The lowest BCUT2D eigenvalue weighted by Crippen LogP contribution is -2.41. The molecule has 8 aliphatic rings. The Morgan fingerprint density at radius 1 is 0.600 bits per heavy atom. The normalized spacial score (nSPS) is 39.6. The highest BCUT2D eigenvalue weighted by Gasteiger charge is 2.65. The van der Waals surface area contributed by atoms with Crippen LogP contribution in [-0.2, 0) is 0 Å². The van der Waals surface area contributed by atoms with Gasteiger partial charge in [0.05, 0.1) is 22.1 Å². The van der Waals surface area contributed by atoms with Crippen LogP contribution in [0.1, 0.15) is 110 Å². The topological polar surface area (TPSA) is 41.6 Å². The SMILES string of the molecule is c1cc2c3ccc4cc5c([nH]c4c3nc2c2nc3c(cc12)C1CC2CC4CC3CC24C1)C1CC2CC(CC5C2)C1. The molecule has 198 valence electrons. The molecule has 5 aromatic rings. The van der Waals surface area contributed by atoms with Crippen LogP contribution in [0.25, 0.3) is 43.6 Å². The molecule has 5 fully saturated rings. The van der Waals surface area contributed by atoms with Crippen LogP contribution in [0.2, 0.25) is 0 Å². The molecule has 3 aromatic heterocycles. The van der Waals surface area contributed by atoms with Crippen molar-refractivity contribution in [2.24, 2.45) is 29.1 Å². The van der Waals surface area contributed by atoms with Crippen LogP contribution < -0.4 is 0 Å². The zero-order chi connectivity index (χ0) is 25.5. The van der Waals surface area contributed by atoms with Crippen LogP contribution in [-0.4, -0.2) is 15.0 Å². The van der Waals surface area contributed by atoms with Crippen molar-refractivity contribution in [2.75, 3.05) is 0 Å². The molecule has 7 bridgehead atoms. The Labute approximate surface area is 234 Å². The third-order valence-electron chi connectivity index (χ3n) is 14.0. The maximum Gasteiger partial charge on any atom is 0.0979 e. The van der Waals surface area contributed by atoms with Crippen molar-refractivity contribution in [3.63, 3.8) is 0 Å². The molecule has 1 spiro atoms. The lowest BCUT2D eigenvalue weighted by molar-refractivity contribution is 0.00321. The molecule has 7 atom stereocenters. The van der Waals surface area contributed by atoms with E-state index in [1.54, 1.807) is 16.8 Å². The minimum absolute atomic E-state index is 0.675. The van der Waals surface area contributed by atoms with Crippen LogP contribution in [0.3, 0.4) is 0 Å². The summed E-state index contributed by atoms with van der Waals surface area (Å²) < 4.78 is 0. The molecule has 0 aliphatic heterocycles. The molecular weight excluding hydrogens is 486 g/mol. The highest BCUT2D eigenvalue weighted by atomic mass is 14.8. The number of hydrogen-bond donors (Lipinski definition) is 1. The second-order valence-electron chi connectivity index (χ2n) is 15.6. The number of aromatic nitrogens is 3. The number of pyridine rings is 2. The molecule has 7 unspecified atom stereocenters. The number of benzene rings is 2. The van der Waals surface area contributed by atoms with Gasteiger partial charge >= 0.3 is 0 Å². The van der Waals surface area contributed by atoms with E-state index >= 15 is 0 Å². The maximum absolute atomic E-state index is 5.59. The number of rotatable bonds is 0. The summed E-state index contributed by atoms with van der Waals surface area (Å²) in [4.78, 5) is 15.1. The molecule has 0 amide bonds. The van der Waals surface area contributed by atoms with Crippen molar-refractivity contribution in [1.29, 1.82) is 0 Å². The van der Waals surface area contributed by atoms with Gasteiger partial charge < -0.3 is 4.98 Å². The van der Waals surface area contributed by atoms with Crippen molar-refractivity contribution >= 4 is 43.6 Å². The first-order valence-corrected chi connectivity index (χ1v) is 16.4. The molecule has 3 heteroatoms. The number of fused-ring (bicyclic) bond motifs is 12. The fraction of sp³-hybridized carbons (Fsp3) is 0.514. The molecule has 3 heterocycles. The van der Waals surface area contributed by atoms with Crippen LogP contribution in [0.4, 0.5) is 0 Å². The van der Waals surface area contributed by atoms with Crippen LogP contribution in [0.15, 0.2) is 36.4 Å². The highest BCUT2D eigenvalue weighted by Crippen LogP contribution is 2.75. The van der Waals surface area contributed by atoms with E-state index in [-0.39, 0.29) is 0 Å². The van der Waals surface area contributed by atoms with Gasteiger partial charge in [0.2, 0.25) is 0 Å². The molecule has 13 rings (SSSR count). The Kier molecular flexibility index (Phi) is 3.43. The second kappa shape index (κ2) is 6.58. The van der Waals surface area contributed by atoms with E-state index in [0.717, 1.165) is 52.1 Å². The number of H-pyrrole nitrogens is 1. The smallest absolute Gasteiger partial charge is 0.0979 e. The minimum atomic E-state index is 0.675. The summed E-state index contributed by atoms with van der Waals surface area (Å²) in [6, 6.07) is 14.5. The Morgan fingerprint density at radius 3 is 2.20 bits per heavy atom. The minimum Gasteiger partial charge on any atom is -0.356 e. The molecule has 3 nitrogen and oxygen atoms in total. The van der Waals surface area contributed by atoms with Crippen LogP contribution >= 0.6 is 0 Å². The van der Waals surface area contributed by atoms with Crippen LogP contribution in [0.5, 0.6) is 0 Å². The molecule has 0 radical (unpaired) electrons. The third kappa shape index (κ3) is 2.30. The fourth-order valence-electron chi connectivity index (χ4n) is 12.6. The lowest BCUT2D eigenvalue weighted by atomic mass is 9.56. The van der Waals surface area contributed by atoms with Gasteiger partial charge in [-0.05, 0) is 134 Å². The Bertz CT molecular complexity index is 1990. The summed E-state index contributed by atoms with van der Waals surface area (Å²) in [6.45, 7) is 0. The maximum atomic E-state index is 5.59. The molecule has 1 N–H and O–H groups in total. The standard InChI is InChI=1S/C37H35N3/c1-3-27-28-4-2-20-13-30-23-10-25-14-26-11-24(16-37(25,26)15-23)32(30)39-34(20)36(28)40-35(27)33-19(1)12-29-21-6-17-5-18(7-21)9-22(8-17)31(29)38-33/h1-4,12-13,17-18,21-26,38H,5-11,14-16H2. The van der Waals surface area contributed by atoms with E-state index < -0.39 is 0 Å². The van der Waals surface area contributed by atoms with Crippen molar-refractivity contribution in [3.05, 3.63) is 58.9 Å². The Balaban J connectivity index is 1.10. The predicted octanol–water partition coefficient (Wildman–Crippen LogP) is 9.20. The number of nitrogens with one attached hydrogen (secondary N) is 1. The third-order valence-corrected chi connectivity index (χ3v) is 14.0. The van der Waals surface area contributed by atoms with Gasteiger partial charge in [-0.15, -0.1) is 0 Å². The van der Waals surface area contributed by atoms with E-state index in [0.29, 0.717) is 17.3 Å². The highest BCUT2D eigenvalue weighted by molar-refractivity contribution is 6.20. The molecule has 0 saturated heterocycles. The monoisotopic (exact) mass is 521 g/mol. The van der Waals surface area contributed by atoms with Crippen molar-refractivity contribution in [1.82, 2.24) is 15.0 Å². The van der Waals surface area contributed by atoms with Gasteiger partial charge in [0.1, 0.15) is 0 Å². The zero-order valence-electron chi connectivity index (χ0n) is 23.0. The van der Waals surface area contributed by atoms with E-state index in [9.17, 15) is 0 Å². The number of nitrogens with zero attached hydrogens (tertiary/aromatic N) is 2. The van der Waals surface area contributed by atoms with Crippen molar-refractivity contribution < 1.29 is 0 Å². The van der Waals surface area contributed by atoms with Gasteiger partial charge in [-0.1, -0.05) is 24.3 Å². The van der Waals surface area contributed by atoms with Gasteiger partial charge in [0.15, 0.2) is 0 Å². The first-order valence-electron chi connectivity index (χ1n) is 16.4. The summed E-state index contributed by atoms with van der Waals surface area (Å²) in [5.74, 6) is 6.76. The predicted molar refractivity (Wildman–Crippen MR) is 160 cm³/mol. The van der Waals surface area contributed by atoms with Gasteiger partial charge in [0.25, 0.3) is 0 Å². The number of aromatic amines is 1. The molecular formula is C37H35N3.